The van der Waals surface area contributed by atoms with E-state index >= 15 is 0 Å². The van der Waals surface area contributed by atoms with Crippen molar-refractivity contribution >= 4 is 17.6 Å². The zero-order valence-corrected chi connectivity index (χ0v) is 16.5. The van der Waals surface area contributed by atoms with Crippen LogP contribution in [-0.2, 0) is 9.59 Å². The van der Waals surface area contributed by atoms with E-state index in [1.54, 1.807) is 24.3 Å². The Morgan fingerprint density at radius 1 is 1.14 bits per heavy atom. The zero-order chi connectivity index (χ0) is 21.1. The minimum atomic E-state index is -0.209. The molecule has 152 valence electrons. The maximum atomic E-state index is 11.9. The summed E-state index contributed by atoms with van der Waals surface area (Å²) < 4.78 is 10.8. The van der Waals surface area contributed by atoms with Crippen LogP contribution in [-0.4, -0.2) is 37.1 Å². The van der Waals surface area contributed by atoms with E-state index in [0.717, 1.165) is 5.69 Å². The number of carbonyl (C=O) groups excluding carboxylic acids is 2. The van der Waals surface area contributed by atoms with Crippen molar-refractivity contribution in [3.05, 3.63) is 47.7 Å². The van der Waals surface area contributed by atoms with Gasteiger partial charge in [0.05, 0.1) is 25.3 Å². The highest BCUT2D eigenvalue weighted by atomic mass is 16.5. The van der Waals surface area contributed by atoms with Crippen LogP contribution in [0.3, 0.4) is 0 Å². The molecule has 2 N–H and O–H groups in total. The molecule has 0 spiro atoms. The summed E-state index contributed by atoms with van der Waals surface area (Å²) in [7, 11) is 1.50. The first kappa shape index (κ1) is 21.7. The van der Waals surface area contributed by atoms with Crippen LogP contribution in [0.4, 0.5) is 5.82 Å². The van der Waals surface area contributed by atoms with Gasteiger partial charge in [-0.25, -0.2) is 4.98 Å². The zero-order valence-electron chi connectivity index (χ0n) is 16.5. The first-order valence-electron chi connectivity index (χ1n) is 9.23. The second kappa shape index (κ2) is 11.3. The Balaban J connectivity index is 1.63. The van der Waals surface area contributed by atoms with Gasteiger partial charge in [0.2, 0.25) is 11.8 Å². The highest BCUT2D eigenvalue weighted by Gasteiger charge is 2.08. The van der Waals surface area contributed by atoms with E-state index in [-0.39, 0.29) is 31.2 Å². The van der Waals surface area contributed by atoms with Crippen LogP contribution in [0.5, 0.6) is 11.5 Å². The molecular weight excluding hydrogens is 372 g/mol. The van der Waals surface area contributed by atoms with Gasteiger partial charge in [-0.05, 0) is 37.6 Å². The molecule has 0 saturated heterocycles. The first-order chi connectivity index (χ1) is 14.0. The number of amides is 2. The smallest absolute Gasteiger partial charge is 0.227 e. The molecule has 0 bridgehead atoms. The first-order valence-corrected chi connectivity index (χ1v) is 9.23. The second-order valence-corrected chi connectivity index (χ2v) is 6.24. The normalized spacial score (nSPS) is 9.97. The van der Waals surface area contributed by atoms with Crippen LogP contribution >= 0.6 is 0 Å². The van der Waals surface area contributed by atoms with Gasteiger partial charge < -0.3 is 20.1 Å². The molecule has 0 atom stereocenters. The Kier molecular flexibility index (Phi) is 8.45. The Morgan fingerprint density at radius 2 is 1.97 bits per heavy atom. The lowest BCUT2D eigenvalue weighted by molar-refractivity contribution is -0.121. The third kappa shape index (κ3) is 7.50. The SMILES string of the molecule is COc1cc(C#N)ccc1OCCCC(=O)NCCC(=O)Nc1cccc(C)n1. The fourth-order valence-electron chi connectivity index (χ4n) is 2.49. The summed E-state index contributed by atoms with van der Waals surface area (Å²) in [6.45, 7) is 2.42. The van der Waals surface area contributed by atoms with Gasteiger partial charge in [0.25, 0.3) is 0 Å². The summed E-state index contributed by atoms with van der Waals surface area (Å²) >= 11 is 0. The van der Waals surface area contributed by atoms with E-state index < -0.39 is 0 Å². The average Bonchev–Trinajstić information content (AvgIpc) is 2.71. The lowest BCUT2D eigenvalue weighted by atomic mass is 10.2. The summed E-state index contributed by atoms with van der Waals surface area (Å²) in [6.07, 6.45) is 0.953. The molecule has 2 aromatic rings. The summed E-state index contributed by atoms with van der Waals surface area (Å²) in [5.74, 6) is 1.13. The molecular formula is C21H24N4O4. The molecule has 2 rings (SSSR count). The van der Waals surface area contributed by atoms with Crippen LogP contribution in [0, 0.1) is 18.3 Å². The molecule has 8 heteroatoms. The maximum Gasteiger partial charge on any atom is 0.227 e. The van der Waals surface area contributed by atoms with E-state index in [9.17, 15) is 9.59 Å². The molecule has 0 saturated carbocycles. The van der Waals surface area contributed by atoms with Crippen molar-refractivity contribution in [3.8, 4) is 17.6 Å². The highest BCUT2D eigenvalue weighted by molar-refractivity contribution is 5.90. The standard InChI is InChI=1S/C21H24N4O4/c1-15-5-3-6-19(24-15)25-21(27)10-11-23-20(26)7-4-12-29-17-9-8-16(14-22)13-18(17)28-2/h3,5-6,8-9,13H,4,7,10-12H2,1-2H3,(H,23,26)(H,24,25,27). The largest absolute Gasteiger partial charge is 0.493 e. The Morgan fingerprint density at radius 3 is 2.69 bits per heavy atom. The van der Waals surface area contributed by atoms with Gasteiger partial charge in [-0.1, -0.05) is 6.07 Å². The third-order valence-electron chi connectivity index (χ3n) is 3.93. The van der Waals surface area contributed by atoms with E-state index in [2.05, 4.69) is 15.6 Å². The number of hydrogen-bond acceptors (Lipinski definition) is 6. The number of carbonyl (C=O) groups is 2. The number of methoxy groups -OCH3 is 1. The van der Waals surface area contributed by atoms with Gasteiger partial charge in [0.15, 0.2) is 11.5 Å². The minimum Gasteiger partial charge on any atom is -0.493 e. The molecule has 0 unspecified atom stereocenters. The van der Waals surface area contributed by atoms with Crippen molar-refractivity contribution < 1.29 is 19.1 Å². The molecule has 0 aliphatic heterocycles. The topological polar surface area (TPSA) is 113 Å². The molecule has 0 radical (unpaired) electrons. The van der Waals surface area contributed by atoms with Crippen LogP contribution in [0.2, 0.25) is 0 Å². The van der Waals surface area contributed by atoms with Gasteiger partial charge >= 0.3 is 0 Å². The molecule has 0 aliphatic carbocycles. The molecule has 0 aliphatic rings. The number of benzene rings is 1. The fourth-order valence-corrected chi connectivity index (χ4v) is 2.49. The average molecular weight is 396 g/mol. The van der Waals surface area contributed by atoms with Crippen molar-refractivity contribution in [2.45, 2.75) is 26.2 Å². The molecule has 8 nitrogen and oxygen atoms in total. The summed E-state index contributed by atoms with van der Waals surface area (Å²) in [4.78, 5) is 27.9. The van der Waals surface area contributed by atoms with Gasteiger partial charge in [-0.15, -0.1) is 0 Å². The number of aryl methyl sites for hydroxylation is 1. The number of aromatic nitrogens is 1. The lowest BCUT2D eigenvalue weighted by Gasteiger charge is -2.11. The number of hydrogen-bond donors (Lipinski definition) is 2. The summed E-state index contributed by atoms with van der Waals surface area (Å²) in [5, 5.41) is 14.3. The van der Waals surface area contributed by atoms with Gasteiger partial charge in [0.1, 0.15) is 5.82 Å². The quantitative estimate of drug-likeness (QED) is 0.597. The van der Waals surface area contributed by atoms with Gasteiger partial charge in [-0.2, -0.15) is 5.26 Å². The predicted octanol–water partition coefficient (Wildman–Crippen LogP) is 2.57. The number of nitriles is 1. The molecule has 1 heterocycles. The van der Waals surface area contributed by atoms with Crippen molar-refractivity contribution in [2.75, 3.05) is 25.6 Å². The van der Waals surface area contributed by atoms with E-state index in [1.165, 1.54) is 7.11 Å². The van der Waals surface area contributed by atoms with Crippen LogP contribution in [0.15, 0.2) is 36.4 Å². The maximum absolute atomic E-state index is 11.9. The van der Waals surface area contributed by atoms with Gasteiger partial charge in [0, 0.05) is 31.1 Å². The highest BCUT2D eigenvalue weighted by Crippen LogP contribution is 2.27. The predicted molar refractivity (Wildman–Crippen MR) is 108 cm³/mol. The molecule has 1 aromatic carbocycles. The van der Waals surface area contributed by atoms with Crippen LogP contribution in [0.1, 0.15) is 30.5 Å². The summed E-state index contributed by atoms with van der Waals surface area (Å²) in [5.41, 5.74) is 1.30. The Bertz CT molecular complexity index is 892. The number of rotatable bonds is 10. The van der Waals surface area contributed by atoms with E-state index in [1.807, 2.05) is 25.1 Å². The van der Waals surface area contributed by atoms with Crippen molar-refractivity contribution in [3.63, 3.8) is 0 Å². The van der Waals surface area contributed by atoms with Crippen molar-refractivity contribution in [2.24, 2.45) is 0 Å². The van der Waals surface area contributed by atoms with E-state index in [0.29, 0.717) is 35.9 Å². The molecule has 0 fully saturated rings. The minimum absolute atomic E-state index is 0.151. The number of nitrogens with one attached hydrogen (secondary N) is 2. The van der Waals surface area contributed by atoms with Crippen molar-refractivity contribution in [1.29, 1.82) is 5.26 Å². The van der Waals surface area contributed by atoms with Gasteiger partial charge in [-0.3, -0.25) is 9.59 Å². The number of anilines is 1. The molecule has 29 heavy (non-hydrogen) atoms. The third-order valence-corrected chi connectivity index (χ3v) is 3.93. The lowest BCUT2D eigenvalue weighted by Crippen LogP contribution is -2.27. The van der Waals surface area contributed by atoms with E-state index in [4.69, 9.17) is 14.7 Å². The van der Waals surface area contributed by atoms with Crippen molar-refractivity contribution in [1.82, 2.24) is 10.3 Å². The van der Waals surface area contributed by atoms with Crippen LogP contribution < -0.4 is 20.1 Å². The molecule has 2 amide bonds. The Labute approximate surface area is 169 Å². The molecule has 1 aromatic heterocycles. The monoisotopic (exact) mass is 396 g/mol. The summed E-state index contributed by atoms with van der Waals surface area (Å²) in [6, 6.07) is 12.3. The fraction of sp³-hybridized carbons (Fsp3) is 0.333. The number of ether oxygens (including phenoxy) is 2. The second-order valence-electron chi connectivity index (χ2n) is 6.24. The number of pyridine rings is 1. The van der Waals surface area contributed by atoms with Crippen LogP contribution in [0.25, 0.3) is 0 Å². The Hall–Kier alpha value is -3.60. The number of nitrogens with zero attached hydrogens (tertiary/aromatic N) is 2.